The number of anilines is 1. The fraction of sp³-hybridized carbons (Fsp3) is 0.600. The SMILES string of the molecule is Cc1cccc(NC2CCNC(C)(C)C2)c1C. The Hall–Kier alpha value is -1.02. The zero-order valence-electron chi connectivity index (χ0n) is 11.4. The van der Waals surface area contributed by atoms with E-state index >= 15 is 0 Å². The predicted octanol–water partition coefficient (Wildman–Crippen LogP) is 3.25. The Bertz CT molecular complexity index is 396. The van der Waals surface area contributed by atoms with Crippen molar-refractivity contribution in [3.8, 4) is 0 Å². The van der Waals surface area contributed by atoms with Crippen molar-refractivity contribution in [2.75, 3.05) is 11.9 Å². The molecule has 1 fully saturated rings. The lowest BCUT2D eigenvalue weighted by molar-refractivity contribution is 0.286. The van der Waals surface area contributed by atoms with Crippen LogP contribution >= 0.6 is 0 Å². The molecule has 2 N–H and O–H groups in total. The molecule has 1 aromatic rings. The van der Waals surface area contributed by atoms with Gasteiger partial charge in [-0.2, -0.15) is 0 Å². The van der Waals surface area contributed by atoms with Crippen LogP contribution in [-0.2, 0) is 0 Å². The summed E-state index contributed by atoms with van der Waals surface area (Å²) in [6.45, 7) is 10.0. The number of aryl methyl sites for hydroxylation is 1. The molecule has 1 saturated heterocycles. The maximum Gasteiger partial charge on any atom is 0.0374 e. The molecule has 0 saturated carbocycles. The zero-order valence-corrected chi connectivity index (χ0v) is 11.4. The molecule has 1 heterocycles. The van der Waals surface area contributed by atoms with Gasteiger partial charge in [0.15, 0.2) is 0 Å². The van der Waals surface area contributed by atoms with Crippen LogP contribution < -0.4 is 10.6 Å². The molecule has 1 aliphatic rings. The van der Waals surface area contributed by atoms with Crippen molar-refractivity contribution < 1.29 is 0 Å². The fourth-order valence-corrected chi connectivity index (χ4v) is 2.63. The van der Waals surface area contributed by atoms with Crippen LogP contribution in [0.25, 0.3) is 0 Å². The van der Waals surface area contributed by atoms with Crippen LogP contribution in [0.15, 0.2) is 18.2 Å². The summed E-state index contributed by atoms with van der Waals surface area (Å²) in [6, 6.07) is 7.09. The average Bonchev–Trinajstić information content (AvgIpc) is 2.23. The first-order valence-electron chi connectivity index (χ1n) is 6.56. The first-order valence-corrected chi connectivity index (χ1v) is 6.56. The molecule has 1 atom stereocenters. The first-order chi connectivity index (χ1) is 7.98. The fourth-order valence-electron chi connectivity index (χ4n) is 2.63. The average molecular weight is 232 g/mol. The van der Waals surface area contributed by atoms with Crippen molar-refractivity contribution in [1.29, 1.82) is 0 Å². The van der Waals surface area contributed by atoms with Gasteiger partial charge in [0.25, 0.3) is 0 Å². The van der Waals surface area contributed by atoms with E-state index in [1.165, 1.54) is 29.7 Å². The highest BCUT2D eigenvalue weighted by molar-refractivity contribution is 5.54. The molecular formula is C15H24N2. The number of benzene rings is 1. The van der Waals surface area contributed by atoms with Crippen LogP contribution in [0, 0.1) is 13.8 Å². The third kappa shape index (κ3) is 3.01. The molecule has 0 spiro atoms. The van der Waals surface area contributed by atoms with Gasteiger partial charge in [-0.25, -0.2) is 0 Å². The van der Waals surface area contributed by atoms with Gasteiger partial charge in [-0.15, -0.1) is 0 Å². The second-order valence-corrected chi connectivity index (χ2v) is 5.89. The van der Waals surface area contributed by atoms with Gasteiger partial charge in [-0.05, 0) is 64.3 Å². The Labute approximate surface area is 105 Å². The van der Waals surface area contributed by atoms with E-state index in [1.54, 1.807) is 0 Å². The normalized spacial score (nSPS) is 23.4. The van der Waals surface area contributed by atoms with Crippen molar-refractivity contribution in [2.24, 2.45) is 0 Å². The number of hydrogen-bond donors (Lipinski definition) is 2. The van der Waals surface area contributed by atoms with E-state index in [2.05, 4.69) is 56.5 Å². The third-order valence-corrected chi connectivity index (χ3v) is 3.82. The topological polar surface area (TPSA) is 24.1 Å². The van der Waals surface area contributed by atoms with Crippen molar-refractivity contribution in [3.05, 3.63) is 29.3 Å². The summed E-state index contributed by atoms with van der Waals surface area (Å²) < 4.78 is 0. The van der Waals surface area contributed by atoms with Gasteiger partial charge in [-0.3, -0.25) is 0 Å². The summed E-state index contributed by atoms with van der Waals surface area (Å²) >= 11 is 0. The summed E-state index contributed by atoms with van der Waals surface area (Å²) in [5.41, 5.74) is 4.30. The lowest BCUT2D eigenvalue weighted by Gasteiger charge is -2.37. The highest BCUT2D eigenvalue weighted by atomic mass is 15.0. The molecule has 1 aromatic carbocycles. The Morgan fingerprint density at radius 2 is 2.06 bits per heavy atom. The summed E-state index contributed by atoms with van der Waals surface area (Å²) in [5.74, 6) is 0. The lowest BCUT2D eigenvalue weighted by atomic mass is 9.89. The smallest absolute Gasteiger partial charge is 0.0374 e. The molecule has 1 unspecified atom stereocenters. The van der Waals surface area contributed by atoms with Crippen LogP contribution in [0.4, 0.5) is 5.69 Å². The standard InChI is InChI=1S/C15H24N2/c1-11-6-5-7-14(12(11)2)17-13-8-9-16-15(3,4)10-13/h5-7,13,16-17H,8-10H2,1-4H3. The summed E-state index contributed by atoms with van der Waals surface area (Å²) in [6.07, 6.45) is 2.39. The van der Waals surface area contributed by atoms with Gasteiger partial charge >= 0.3 is 0 Å². The van der Waals surface area contributed by atoms with Crippen LogP contribution in [0.1, 0.15) is 37.8 Å². The van der Waals surface area contributed by atoms with Gasteiger partial charge in [0.1, 0.15) is 0 Å². The summed E-state index contributed by atoms with van der Waals surface area (Å²) in [5, 5.41) is 7.27. The number of piperidine rings is 1. The van der Waals surface area contributed by atoms with E-state index in [0.717, 1.165) is 6.54 Å². The molecule has 0 amide bonds. The maximum absolute atomic E-state index is 3.71. The molecular weight excluding hydrogens is 208 g/mol. The number of hydrogen-bond acceptors (Lipinski definition) is 2. The van der Waals surface area contributed by atoms with Crippen molar-refractivity contribution in [1.82, 2.24) is 5.32 Å². The molecule has 0 aromatic heterocycles. The molecule has 94 valence electrons. The van der Waals surface area contributed by atoms with E-state index in [-0.39, 0.29) is 5.54 Å². The molecule has 0 aliphatic carbocycles. The second-order valence-electron chi connectivity index (χ2n) is 5.89. The Balaban J connectivity index is 2.08. The lowest BCUT2D eigenvalue weighted by Crippen LogP contribution is -2.50. The quantitative estimate of drug-likeness (QED) is 0.818. The highest BCUT2D eigenvalue weighted by Gasteiger charge is 2.27. The molecule has 1 aliphatic heterocycles. The largest absolute Gasteiger partial charge is 0.382 e. The van der Waals surface area contributed by atoms with Gasteiger partial charge < -0.3 is 10.6 Å². The van der Waals surface area contributed by atoms with Crippen molar-refractivity contribution in [3.63, 3.8) is 0 Å². The van der Waals surface area contributed by atoms with Gasteiger partial charge in [0, 0.05) is 17.3 Å². The van der Waals surface area contributed by atoms with E-state index in [0.29, 0.717) is 6.04 Å². The van der Waals surface area contributed by atoms with Gasteiger partial charge in [0.2, 0.25) is 0 Å². The van der Waals surface area contributed by atoms with Crippen LogP contribution in [-0.4, -0.2) is 18.1 Å². The molecule has 2 rings (SSSR count). The van der Waals surface area contributed by atoms with Crippen LogP contribution in [0.3, 0.4) is 0 Å². The van der Waals surface area contributed by atoms with Crippen LogP contribution in [0.2, 0.25) is 0 Å². The van der Waals surface area contributed by atoms with Gasteiger partial charge in [-0.1, -0.05) is 12.1 Å². The third-order valence-electron chi connectivity index (χ3n) is 3.82. The van der Waals surface area contributed by atoms with E-state index in [1.807, 2.05) is 0 Å². The number of rotatable bonds is 2. The molecule has 0 bridgehead atoms. The maximum atomic E-state index is 3.71. The Morgan fingerprint density at radius 3 is 2.76 bits per heavy atom. The Morgan fingerprint density at radius 1 is 1.29 bits per heavy atom. The van der Waals surface area contributed by atoms with E-state index < -0.39 is 0 Å². The molecule has 17 heavy (non-hydrogen) atoms. The Kier molecular flexibility index (Phi) is 3.43. The summed E-state index contributed by atoms with van der Waals surface area (Å²) in [7, 11) is 0. The molecule has 0 radical (unpaired) electrons. The molecule has 2 heteroatoms. The zero-order chi connectivity index (χ0) is 12.5. The minimum Gasteiger partial charge on any atom is -0.382 e. The van der Waals surface area contributed by atoms with Gasteiger partial charge in [0.05, 0.1) is 0 Å². The van der Waals surface area contributed by atoms with E-state index in [4.69, 9.17) is 0 Å². The highest BCUT2D eigenvalue weighted by Crippen LogP contribution is 2.24. The molecule has 2 nitrogen and oxygen atoms in total. The van der Waals surface area contributed by atoms with Crippen LogP contribution in [0.5, 0.6) is 0 Å². The van der Waals surface area contributed by atoms with Crippen molar-refractivity contribution >= 4 is 5.69 Å². The van der Waals surface area contributed by atoms with Crippen molar-refractivity contribution in [2.45, 2.75) is 52.1 Å². The predicted molar refractivity (Wildman–Crippen MR) is 74.6 cm³/mol. The minimum absolute atomic E-state index is 0.258. The minimum atomic E-state index is 0.258. The monoisotopic (exact) mass is 232 g/mol. The first kappa shape index (κ1) is 12.4. The second kappa shape index (κ2) is 4.69. The number of nitrogens with one attached hydrogen (secondary N) is 2. The summed E-state index contributed by atoms with van der Waals surface area (Å²) in [4.78, 5) is 0. The van der Waals surface area contributed by atoms with E-state index in [9.17, 15) is 0 Å².